The molecule has 1 aliphatic rings. The second kappa shape index (κ2) is 4.40. The molecule has 2 atom stereocenters. The van der Waals surface area contributed by atoms with Gasteiger partial charge < -0.3 is 14.8 Å². The Morgan fingerprint density at radius 2 is 2.23 bits per heavy atom. The van der Waals surface area contributed by atoms with Crippen LogP contribution in [0.15, 0.2) is 0 Å². The van der Waals surface area contributed by atoms with Gasteiger partial charge in [0.1, 0.15) is 0 Å². The quantitative estimate of drug-likeness (QED) is 0.709. The number of nitrogens with one attached hydrogen (secondary N) is 1. The van der Waals surface area contributed by atoms with E-state index in [-0.39, 0.29) is 17.7 Å². The average Bonchev–Trinajstić information content (AvgIpc) is 2.01. The summed E-state index contributed by atoms with van der Waals surface area (Å²) in [5.41, 5.74) is 0.199. The molecular weight excluding hydrogens is 166 g/mol. The first-order valence-corrected chi connectivity index (χ1v) is 4.80. The normalized spacial score (nSPS) is 30.5. The van der Waals surface area contributed by atoms with Gasteiger partial charge in [-0.25, -0.2) is 0 Å². The van der Waals surface area contributed by atoms with Gasteiger partial charge in [-0.2, -0.15) is 0 Å². The van der Waals surface area contributed by atoms with Crippen molar-refractivity contribution >= 4 is 0 Å². The number of hydrogen-bond acceptors (Lipinski definition) is 3. The molecule has 0 aromatic heterocycles. The minimum absolute atomic E-state index is 0.107. The van der Waals surface area contributed by atoms with Gasteiger partial charge in [0.2, 0.25) is 0 Å². The summed E-state index contributed by atoms with van der Waals surface area (Å²) < 4.78 is 11.1. The van der Waals surface area contributed by atoms with Crippen molar-refractivity contribution in [3.63, 3.8) is 0 Å². The molecule has 77 valence electrons. The Bertz CT molecular complexity index is 153. The molecule has 0 aliphatic carbocycles. The van der Waals surface area contributed by atoms with Gasteiger partial charge in [0.25, 0.3) is 0 Å². The zero-order valence-corrected chi connectivity index (χ0v) is 8.96. The Balaban J connectivity index is 2.27. The van der Waals surface area contributed by atoms with Crippen molar-refractivity contribution in [3.05, 3.63) is 6.54 Å². The van der Waals surface area contributed by atoms with Crippen molar-refractivity contribution in [2.45, 2.75) is 40.0 Å². The summed E-state index contributed by atoms with van der Waals surface area (Å²) in [5.74, 6) is 0. The van der Waals surface area contributed by atoms with E-state index in [0.717, 1.165) is 6.61 Å². The fourth-order valence-corrected chi connectivity index (χ4v) is 1.12. The summed E-state index contributed by atoms with van der Waals surface area (Å²) in [6, 6.07) is 0.246. The molecule has 3 heteroatoms. The Morgan fingerprint density at radius 1 is 1.54 bits per heavy atom. The number of rotatable bonds is 2. The van der Waals surface area contributed by atoms with Crippen molar-refractivity contribution < 1.29 is 9.47 Å². The van der Waals surface area contributed by atoms with E-state index in [2.05, 4.69) is 33.0 Å². The molecule has 0 aromatic rings. The molecular formula is C10H20NO2. The van der Waals surface area contributed by atoms with Crippen LogP contribution in [-0.4, -0.2) is 25.5 Å². The Morgan fingerprint density at radius 3 is 2.77 bits per heavy atom. The molecule has 1 N–H and O–H groups in total. The zero-order valence-electron chi connectivity index (χ0n) is 8.96. The first kappa shape index (κ1) is 11.0. The lowest BCUT2D eigenvalue weighted by atomic mass is 9.99. The van der Waals surface area contributed by atoms with E-state index in [1.807, 2.05) is 6.54 Å². The average molecular weight is 186 g/mol. The Hall–Kier alpha value is -0.120. The van der Waals surface area contributed by atoms with Crippen LogP contribution in [0.4, 0.5) is 0 Å². The van der Waals surface area contributed by atoms with E-state index < -0.39 is 0 Å². The summed E-state index contributed by atoms with van der Waals surface area (Å²) in [5, 5.41) is 3.19. The van der Waals surface area contributed by atoms with Gasteiger partial charge >= 0.3 is 0 Å². The van der Waals surface area contributed by atoms with Crippen LogP contribution in [0.3, 0.4) is 0 Å². The Labute approximate surface area is 80.8 Å². The van der Waals surface area contributed by atoms with Crippen molar-refractivity contribution in [2.75, 3.05) is 13.2 Å². The smallest absolute Gasteiger partial charge is 0.172 e. The van der Waals surface area contributed by atoms with E-state index in [0.29, 0.717) is 6.61 Å². The molecule has 1 heterocycles. The maximum atomic E-state index is 5.65. The number of morpholine rings is 1. The number of ether oxygens (including phenoxy) is 2. The van der Waals surface area contributed by atoms with Crippen molar-refractivity contribution in [3.8, 4) is 0 Å². The summed E-state index contributed by atoms with van der Waals surface area (Å²) in [4.78, 5) is 0. The lowest BCUT2D eigenvalue weighted by molar-refractivity contribution is -0.177. The summed E-state index contributed by atoms with van der Waals surface area (Å²) in [6.45, 7) is 11.8. The van der Waals surface area contributed by atoms with Gasteiger partial charge in [0.15, 0.2) is 6.29 Å². The van der Waals surface area contributed by atoms with Crippen LogP contribution < -0.4 is 5.32 Å². The van der Waals surface area contributed by atoms with Crippen LogP contribution in [0.1, 0.15) is 27.7 Å². The minimum Gasteiger partial charge on any atom is -0.350 e. The predicted molar refractivity (Wildman–Crippen MR) is 52.0 cm³/mol. The fraction of sp³-hybridized carbons (Fsp3) is 0.900. The van der Waals surface area contributed by atoms with Crippen LogP contribution in [0, 0.1) is 12.0 Å². The second-order valence-corrected chi connectivity index (χ2v) is 4.73. The van der Waals surface area contributed by atoms with Crippen molar-refractivity contribution in [2.24, 2.45) is 5.41 Å². The van der Waals surface area contributed by atoms with Crippen LogP contribution in [0.25, 0.3) is 0 Å². The van der Waals surface area contributed by atoms with E-state index in [9.17, 15) is 0 Å². The molecule has 0 spiro atoms. The van der Waals surface area contributed by atoms with Crippen LogP contribution >= 0.6 is 0 Å². The maximum Gasteiger partial charge on any atom is 0.172 e. The highest BCUT2D eigenvalue weighted by Crippen LogP contribution is 2.16. The van der Waals surface area contributed by atoms with Gasteiger partial charge in [-0.3, -0.25) is 0 Å². The van der Waals surface area contributed by atoms with Crippen LogP contribution in [-0.2, 0) is 9.47 Å². The maximum absolute atomic E-state index is 5.65. The molecule has 3 nitrogen and oxygen atoms in total. The molecule has 0 unspecified atom stereocenters. The monoisotopic (exact) mass is 186 g/mol. The highest BCUT2D eigenvalue weighted by atomic mass is 16.7. The lowest BCUT2D eigenvalue weighted by Gasteiger charge is -2.32. The van der Waals surface area contributed by atoms with E-state index in [1.165, 1.54) is 0 Å². The summed E-state index contributed by atoms with van der Waals surface area (Å²) in [6.07, 6.45) is -0.107. The third-order valence-electron chi connectivity index (χ3n) is 1.81. The summed E-state index contributed by atoms with van der Waals surface area (Å²) in [7, 11) is 0. The molecule has 0 saturated carbocycles. The van der Waals surface area contributed by atoms with E-state index >= 15 is 0 Å². The third-order valence-corrected chi connectivity index (χ3v) is 1.81. The van der Waals surface area contributed by atoms with E-state index in [1.54, 1.807) is 0 Å². The van der Waals surface area contributed by atoms with Crippen molar-refractivity contribution in [1.29, 1.82) is 0 Å². The highest BCUT2D eigenvalue weighted by molar-refractivity contribution is 4.77. The second-order valence-electron chi connectivity index (χ2n) is 4.73. The molecule has 1 saturated heterocycles. The topological polar surface area (TPSA) is 30.5 Å². The van der Waals surface area contributed by atoms with Gasteiger partial charge in [-0.05, 0) is 12.3 Å². The molecule has 0 amide bonds. The molecule has 0 bridgehead atoms. The predicted octanol–water partition coefficient (Wildman–Crippen LogP) is 1.55. The molecule has 13 heavy (non-hydrogen) atoms. The standard InChI is InChI=1S/C10H20NO2/c1-8-9(12-6-5-11-8)13-7-10(2,3)4/h5,8-9,11H,6-7H2,1-4H3/t8-,9-/m0/s1. The zero-order chi connectivity index (χ0) is 9.90. The molecule has 1 radical (unpaired) electrons. The van der Waals surface area contributed by atoms with E-state index in [4.69, 9.17) is 9.47 Å². The molecule has 1 rings (SSSR count). The SMILES string of the molecule is C[C@@H]1N[CH]CO[C@H]1OCC(C)(C)C. The first-order chi connectivity index (χ1) is 5.99. The summed E-state index contributed by atoms with van der Waals surface area (Å²) >= 11 is 0. The lowest BCUT2D eigenvalue weighted by Crippen LogP contribution is -2.46. The Kier molecular flexibility index (Phi) is 3.71. The third kappa shape index (κ3) is 4.07. The fourth-order valence-electron chi connectivity index (χ4n) is 1.12. The van der Waals surface area contributed by atoms with Crippen molar-refractivity contribution in [1.82, 2.24) is 5.32 Å². The minimum atomic E-state index is -0.107. The number of hydrogen-bond donors (Lipinski definition) is 1. The highest BCUT2D eigenvalue weighted by Gasteiger charge is 2.24. The van der Waals surface area contributed by atoms with Gasteiger partial charge in [0, 0.05) is 6.54 Å². The van der Waals surface area contributed by atoms with Gasteiger partial charge in [0.05, 0.1) is 19.3 Å². The first-order valence-electron chi connectivity index (χ1n) is 4.80. The molecule has 1 fully saturated rings. The van der Waals surface area contributed by atoms with Crippen LogP contribution in [0.2, 0.25) is 0 Å². The largest absolute Gasteiger partial charge is 0.350 e. The molecule has 0 aromatic carbocycles. The van der Waals surface area contributed by atoms with Gasteiger partial charge in [-0.1, -0.05) is 20.8 Å². The molecule has 1 aliphatic heterocycles. The van der Waals surface area contributed by atoms with Crippen LogP contribution in [0.5, 0.6) is 0 Å². The van der Waals surface area contributed by atoms with Gasteiger partial charge in [-0.15, -0.1) is 0 Å².